The molecule has 1 N–H and O–H groups in total. The van der Waals surface area contributed by atoms with E-state index in [1.807, 2.05) is 13.8 Å². The van der Waals surface area contributed by atoms with Gasteiger partial charge in [-0.15, -0.1) is 0 Å². The molecule has 0 unspecified atom stereocenters. The van der Waals surface area contributed by atoms with Gasteiger partial charge in [-0.2, -0.15) is 4.72 Å². The third kappa shape index (κ3) is 5.23. The van der Waals surface area contributed by atoms with Crippen LogP contribution >= 0.6 is 0 Å². The van der Waals surface area contributed by atoms with E-state index in [1.54, 1.807) is 4.90 Å². The number of hydrogen-bond donors (Lipinski definition) is 1. The number of sulfonamides is 1. The largest absolute Gasteiger partial charge is 0.378 e. The Hall–Kier alpha value is -2.04. The van der Waals surface area contributed by atoms with Gasteiger partial charge in [0, 0.05) is 25.2 Å². The van der Waals surface area contributed by atoms with E-state index in [1.165, 1.54) is 18.2 Å². The van der Waals surface area contributed by atoms with Gasteiger partial charge in [0.05, 0.1) is 23.0 Å². The highest BCUT2D eigenvalue weighted by Gasteiger charge is 2.31. The first kappa shape index (κ1) is 20.3. The van der Waals surface area contributed by atoms with Gasteiger partial charge in [0.25, 0.3) is 5.69 Å². The van der Waals surface area contributed by atoms with Crippen LogP contribution in [0.2, 0.25) is 0 Å². The van der Waals surface area contributed by atoms with Gasteiger partial charge in [-0.25, -0.2) is 8.42 Å². The molecule has 1 amide bonds. The van der Waals surface area contributed by atoms with Crippen molar-refractivity contribution in [3.63, 3.8) is 0 Å². The number of amides is 1. The molecule has 10 heteroatoms. The topological polar surface area (TPSA) is 119 Å². The number of hydrogen-bond acceptors (Lipinski definition) is 6. The van der Waals surface area contributed by atoms with E-state index in [9.17, 15) is 23.3 Å². The fourth-order valence-electron chi connectivity index (χ4n) is 2.69. The van der Waals surface area contributed by atoms with Gasteiger partial charge in [-0.3, -0.25) is 14.9 Å². The van der Waals surface area contributed by atoms with Crippen molar-refractivity contribution in [2.75, 3.05) is 26.3 Å². The van der Waals surface area contributed by atoms with Gasteiger partial charge in [0.15, 0.2) is 0 Å². The molecule has 9 nitrogen and oxygen atoms in total. The molecule has 1 aromatic carbocycles. The van der Waals surface area contributed by atoms with Crippen LogP contribution in [0.1, 0.15) is 20.3 Å². The Balaban J connectivity index is 2.24. The van der Waals surface area contributed by atoms with Crippen molar-refractivity contribution in [1.82, 2.24) is 9.62 Å². The maximum Gasteiger partial charge on any atom is 0.270 e. The molecule has 1 atom stereocenters. The molecule has 2 rings (SSSR count). The van der Waals surface area contributed by atoms with Gasteiger partial charge in [-0.05, 0) is 18.4 Å². The number of morpholine rings is 1. The minimum atomic E-state index is -4.08. The highest BCUT2D eigenvalue weighted by molar-refractivity contribution is 7.89. The normalized spacial score (nSPS) is 16.5. The average Bonchev–Trinajstić information content (AvgIpc) is 2.60. The summed E-state index contributed by atoms with van der Waals surface area (Å²) in [5.41, 5.74) is -0.326. The minimum Gasteiger partial charge on any atom is -0.378 e. The van der Waals surface area contributed by atoms with E-state index < -0.39 is 21.0 Å². The fourth-order valence-corrected chi connectivity index (χ4v) is 3.94. The number of benzene rings is 1. The van der Waals surface area contributed by atoms with Crippen molar-refractivity contribution >= 4 is 21.6 Å². The summed E-state index contributed by atoms with van der Waals surface area (Å²) in [7, 11) is -4.08. The number of nitrogens with zero attached hydrogens (tertiary/aromatic N) is 2. The number of nitro benzene ring substituents is 1. The summed E-state index contributed by atoms with van der Waals surface area (Å²) >= 11 is 0. The van der Waals surface area contributed by atoms with Crippen LogP contribution in [-0.2, 0) is 19.6 Å². The van der Waals surface area contributed by atoms with Crippen LogP contribution in [-0.4, -0.2) is 56.5 Å². The summed E-state index contributed by atoms with van der Waals surface area (Å²) in [6.07, 6.45) is 0.324. The Bertz CT molecular complexity index is 759. The van der Waals surface area contributed by atoms with E-state index in [0.717, 1.165) is 6.07 Å². The SMILES string of the molecule is CC(C)C[C@@H](NS(=O)(=O)c1cccc([N+](=O)[O-])c1)C(=O)N1CCOCC1. The molecule has 0 spiro atoms. The lowest BCUT2D eigenvalue weighted by Crippen LogP contribution is -2.52. The second kappa shape index (κ2) is 8.56. The predicted octanol–water partition coefficient (Wildman–Crippen LogP) is 1.15. The quantitative estimate of drug-likeness (QED) is 0.555. The molecule has 0 radical (unpaired) electrons. The lowest BCUT2D eigenvalue weighted by atomic mass is 10.0. The summed E-state index contributed by atoms with van der Waals surface area (Å²) < 4.78 is 33.0. The van der Waals surface area contributed by atoms with Crippen LogP contribution < -0.4 is 4.72 Å². The van der Waals surface area contributed by atoms with Crippen molar-refractivity contribution in [2.24, 2.45) is 5.92 Å². The summed E-state index contributed by atoms with van der Waals surface area (Å²) in [6.45, 7) is 5.43. The van der Waals surface area contributed by atoms with E-state index in [0.29, 0.717) is 32.7 Å². The zero-order valence-electron chi connectivity index (χ0n) is 14.8. The third-order valence-corrected chi connectivity index (χ3v) is 5.43. The zero-order valence-corrected chi connectivity index (χ0v) is 15.6. The first-order valence-corrected chi connectivity index (χ1v) is 9.82. The van der Waals surface area contributed by atoms with Gasteiger partial charge in [0.2, 0.25) is 15.9 Å². The van der Waals surface area contributed by atoms with E-state index in [4.69, 9.17) is 4.74 Å². The zero-order chi connectivity index (χ0) is 19.3. The molecule has 26 heavy (non-hydrogen) atoms. The molecular weight excluding hydrogens is 362 g/mol. The molecule has 1 aliphatic rings. The highest BCUT2D eigenvalue weighted by Crippen LogP contribution is 2.19. The Morgan fingerprint density at radius 2 is 2.00 bits per heavy atom. The maximum atomic E-state index is 12.8. The number of carbonyl (C=O) groups excluding carboxylic acids is 1. The van der Waals surface area contributed by atoms with Crippen LogP contribution in [0.4, 0.5) is 5.69 Å². The minimum absolute atomic E-state index is 0.0813. The first-order chi connectivity index (χ1) is 12.2. The molecule has 1 aromatic rings. The second-order valence-corrected chi connectivity index (χ2v) is 8.21. The molecule has 1 fully saturated rings. The number of rotatable bonds is 7. The van der Waals surface area contributed by atoms with E-state index in [2.05, 4.69) is 4.72 Å². The van der Waals surface area contributed by atoms with E-state index in [-0.39, 0.29) is 22.4 Å². The molecule has 1 aliphatic heterocycles. The van der Waals surface area contributed by atoms with Crippen LogP contribution in [0.25, 0.3) is 0 Å². The number of carbonyl (C=O) groups is 1. The van der Waals surface area contributed by atoms with Crippen molar-refractivity contribution in [3.05, 3.63) is 34.4 Å². The predicted molar refractivity (Wildman–Crippen MR) is 94.1 cm³/mol. The molecular formula is C16H23N3O6S. The van der Waals surface area contributed by atoms with Crippen molar-refractivity contribution in [3.8, 4) is 0 Å². The van der Waals surface area contributed by atoms with Crippen LogP contribution in [0.5, 0.6) is 0 Å². The Kier molecular flexibility index (Phi) is 6.68. The number of nitrogens with one attached hydrogen (secondary N) is 1. The van der Waals surface area contributed by atoms with Crippen molar-refractivity contribution in [2.45, 2.75) is 31.2 Å². The molecule has 0 aromatic heterocycles. The van der Waals surface area contributed by atoms with Gasteiger partial charge in [0.1, 0.15) is 6.04 Å². The molecule has 144 valence electrons. The smallest absolute Gasteiger partial charge is 0.270 e. The first-order valence-electron chi connectivity index (χ1n) is 8.34. The van der Waals surface area contributed by atoms with Crippen LogP contribution in [0.3, 0.4) is 0 Å². The standard InChI is InChI=1S/C16H23N3O6S/c1-12(2)10-15(16(20)18-6-8-25-9-7-18)17-26(23,24)14-5-3-4-13(11-14)19(21)22/h3-5,11-12,15,17H,6-10H2,1-2H3/t15-/m1/s1. The maximum absolute atomic E-state index is 12.8. The summed E-state index contributed by atoms with van der Waals surface area (Å²) in [4.78, 5) is 24.3. The van der Waals surface area contributed by atoms with Crippen molar-refractivity contribution < 1.29 is 22.9 Å². The monoisotopic (exact) mass is 385 g/mol. The Labute approximate surface area is 152 Å². The Morgan fingerprint density at radius 1 is 1.35 bits per heavy atom. The van der Waals surface area contributed by atoms with Gasteiger partial charge >= 0.3 is 0 Å². The van der Waals surface area contributed by atoms with Crippen LogP contribution in [0, 0.1) is 16.0 Å². The third-order valence-electron chi connectivity index (χ3n) is 3.96. The number of nitro groups is 1. The summed E-state index contributed by atoms with van der Waals surface area (Å²) in [5, 5.41) is 10.9. The van der Waals surface area contributed by atoms with Crippen LogP contribution in [0.15, 0.2) is 29.2 Å². The van der Waals surface area contributed by atoms with E-state index >= 15 is 0 Å². The second-order valence-electron chi connectivity index (χ2n) is 6.50. The molecule has 0 bridgehead atoms. The summed E-state index contributed by atoms with van der Waals surface area (Å²) in [6, 6.07) is 3.82. The molecule has 0 aliphatic carbocycles. The molecule has 1 heterocycles. The number of ether oxygens (including phenoxy) is 1. The lowest BCUT2D eigenvalue weighted by Gasteiger charge is -2.31. The van der Waals surface area contributed by atoms with Gasteiger partial charge in [-0.1, -0.05) is 19.9 Å². The fraction of sp³-hybridized carbons (Fsp3) is 0.562. The molecule has 1 saturated heterocycles. The average molecular weight is 385 g/mol. The Morgan fingerprint density at radius 3 is 2.58 bits per heavy atom. The lowest BCUT2D eigenvalue weighted by molar-refractivity contribution is -0.385. The van der Waals surface area contributed by atoms with Crippen molar-refractivity contribution in [1.29, 1.82) is 0 Å². The molecule has 0 saturated carbocycles. The summed E-state index contributed by atoms with van der Waals surface area (Å²) in [5.74, 6) is -0.228. The highest BCUT2D eigenvalue weighted by atomic mass is 32.2. The van der Waals surface area contributed by atoms with Gasteiger partial charge < -0.3 is 9.64 Å². The number of non-ortho nitro benzene ring substituents is 1.